The van der Waals surface area contributed by atoms with Crippen molar-refractivity contribution in [2.45, 2.75) is 44.9 Å². The van der Waals surface area contributed by atoms with Crippen LogP contribution in [0.1, 0.15) is 26.7 Å². The number of anilines is 1. The summed E-state index contributed by atoms with van der Waals surface area (Å²) in [6, 6.07) is 8.47. The second kappa shape index (κ2) is 12.2. The van der Waals surface area contributed by atoms with Crippen LogP contribution in [0.4, 0.5) is 5.69 Å². The Labute approximate surface area is 197 Å². The van der Waals surface area contributed by atoms with Crippen molar-refractivity contribution in [3.05, 3.63) is 29.3 Å². The van der Waals surface area contributed by atoms with Crippen LogP contribution in [0.2, 0.25) is 5.02 Å². The Bertz CT molecular complexity index is 652. The van der Waals surface area contributed by atoms with E-state index in [0.29, 0.717) is 18.2 Å². The summed E-state index contributed by atoms with van der Waals surface area (Å²) in [5.41, 5.74) is 1.19. The molecule has 0 radical (unpaired) electrons. The lowest BCUT2D eigenvalue weighted by Gasteiger charge is -2.35. The third kappa shape index (κ3) is 7.77. The lowest BCUT2D eigenvalue weighted by molar-refractivity contribution is -0.0679. The van der Waals surface area contributed by atoms with Crippen LogP contribution in [0, 0.1) is 0 Å². The van der Waals surface area contributed by atoms with Crippen LogP contribution in [0.3, 0.4) is 0 Å². The van der Waals surface area contributed by atoms with Crippen LogP contribution in [0.15, 0.2) is 29.3 Å². The zero-order chi connectivity index (χ0) is 19.9. The molecule has 2 saturated heterocycles. The Morgan fingerprint density at radius 1 is 1.24 bits per heavy atom. The van der Waals surface area contributed by atoms with E-state index in [0.717, 1.165) is 63.1 Å². The average molecular weight is 536 g/mol. The fraction of sp³-hybridized carbons (Fsp3) is 0.667. The molecule has 6 nitrogen and oxygen atoms in total. The highest BCUT2D eigenvalue weighted by atomic mass is 127. The average Bonchev–Trinajstić information content (AvgIpc) is 3.12. The van der Waals surface area contributed by atoms with E-state index in [1.165, 1.54) is 5.69 Å². The van der Waals surface area contributed by atoms with Crippen molar-refractivity contribution in [1.82, 2.24) is 15.5 Å². The van der Waals surface area contributed by atoms with Gasteiger partial charge in [-0.2, -0.15) is 0 Å². The lowest BCUT2D eigenvalue weighted by Crippen LogP contribution is -2.47. The largest absolute Gasteiger partial charge is 0.373 e. The van der Waals surface area contributed by atoms with Gasteiger partial charge < -0.3 is 20.3 Å². The van der Waals surface area contributed by atoms with Gasteiger partial charge in [-0.3, -0.25) is 9.89 Å². The number of rotatable bonds is 6. The summed E-state index contributed by atoms with van der Waals surface area (Å²) in [5.74, 6) is 0.890. The highest BCUT2D eigenvalue weighted by Crippen LogP contribution is 2.23. The smallest absolute Gasteiger partial charge is 0.191 e. The number of morpholine rings is 1. The molecule has 164 valence electrons. The highest BCUT2D eigenvalue weighted by molar-refractivity contribution is 14.0. The monoisotopic (exact) mass is 535 g/mol. The van der Waals surface area contributed by atoms with Gasteiger partial charge in [-0.15, -0.1) is 24.0 Å². The molecule has 0 aliphatic carbocycles. The predicted octanol–water partition coefficient (Wildman–Crippen LogP) is 3.20. The number of nitrogens with one attached hydrogen (secondary N) is 2. The number of halogens is 2. The van der Waals surface area contributed by atoms with Crippen LogP contribution < -0.4 is 15.5 Å². The third-order valence-corrected chi connectivity index (χ3v) is 5.60. The van der Waals surface area contributed by atoms with E-state index in [-0.39, 0.29) is 24.0 Å². The van der Waals surface area contributed by atoms with Crippen LogP contribution in [0.25, 0.3) is 0 Å². The van der Waals surface area contributed by atoms with Crippen LogP contribution in [-0.4, -0.2) is 75.4 Å². The number of guanidine groups is 1. The molecule has 2 aliphatic rings. The summed E-state index contributed by atoms with van der Waals surface area (Å²) in [4.78, 5) is 9.26. The van der Waals surface area contributed by atoms with E-state index in [2.05, 4.69) is 45.3 Å². The molecule has 1 aromatic rings. The second-order valence-electron chi connectivity index (χ2n) is 7.93. The van der Waals surface area contributed by atoms with Crippen molar-refractivity contribution in [2.75, 3.05) is 51.2 Å². The maximum atomic E-state index is 6.13. The standard InChI is InChI=1S/C21H34ClN5O.HI/c1-16-13-26(14-17(2)28-16)10-5-9-24-21(23-3)25-19-8-11-27(15-19)20-7-4-6-18(22)12-20;/h4,6-7,12,16-17,19H,5,8-11,13-15H2,1-3H3,(H2,23,24,25);1H. The van der Waals surface area contributed by atoms with Gasteiger partial charge in [0.1, 0.15) is 0 Å². The first kappa shape index (κ1) is 24.5. The van der Waals surface area contributed by atoms with Crippen molar-refractivity contribution in [3.8, 4) is 0 Å². The summed E-state index contributed by atoms with van der Waals surface area (Å²) < 4.78 is 5.80. The van der Waals surface area contributed by atoms with Gasteiger partial charge in [0.2, 0.25) is 0 Å². The van der Waals surface area contributed by atoms with Crippen molar-refractivity contribution in [1.29, 1.82) is 0 Å². The maximum absolute atomic E-state index is 6.13. The minimum Gasteiger partial charge on any atom is -0.373 e. The van der Waals surface area contributed by atoms with Crippen molar-refractivity contribution in [3.63, 3.8) is 0 Å². The molecule has 2 aliphatic heterocycles. The topological polar surface area (TPSA) is 52.1 Å². The Hall–Kier alpha value is -0.770. The SMILES string of the molecule is CN=C(NCCCN1CC(C)OC(C)C1)NC1CCN(c2cccc(Cl)c2)C1.I. The molecular formula is C21H35ClIN5O. The predicted molar refractivity (Wildman–Crippen MR) is 133 cm³/mol. The van der Waals surface area contributed by atoms with Crippen molar-refractivity contribution >= 4 is 47.2 Å². The van der Waals surface area contributed by atoms with Crippen LogP contribution in [-0.2, 0) is 4.74 Å². The summed E-state index contributed by atoms with van der Waals surface area (Å²) in [6.45, 7) is 10.4. The molecule has 8 heteroatoms. The molecule has 29 heavy (non-hydrogen) atoms. The number of aliphatic imine (C=N–C) groups is 1. The molecule has 2 N–H and O–H groups in total. The molecule has 0 spiro atoms. The molecular weight excluding hydrogens is 501 g/mol. The van der Waals surface area contributed by atoms with Crippen LogP contribution in [0.5, 0.6) is 0 Å². The van der Waals surface area contributed by atoms with Crippen molar-refractivity contribution < 1.29 is 4.74 Å². The molecule has 0 saturated carbocycles. The first-order chi connectivity index (χ1) is 13.5. The quantitative estimate of drug-likeness (QED) is 0.254. The number of benzene rings is 1. The first-order valence-corrected chi connectivity index (χ1v) is 10.8. The Kier molecular flexibility index (Phi) is 10.3. The van der Waals surface area contributed by atoms with Gasteiger partial charge in [-0.25, -0.2) is 0 Å². The fourth-order valence-corrected chi connectivity index (χ4v) is 4.33. The number of hydrogen-bond acceptors (Lipinski definition) is 4. The Morgan fingerprint density at radius 3 is 2.69 bits per heavy atom. The van der Waals surface area contributed by atoms with E-state index >= 15 is 0 Å². The summed E-state index contributed by atoms with van der Waals surface area (Å²) in [5, 5.41) is 7.81. The molecule has 2 fully saturated rings. The first-order valence-electron chi connectivity index (χ1n) is 10.4. The van der Waals surface area contributed by atoms with Gasteiger partial charge in [0.15, 0.2) is 5.96 Å². The molecule has 0 aromatic heterocycles. The molecule has 3 atom stereocenters. The molecule has 1 aromatic carbocycles. The van der Waals surface area contributed by atoms with Crippen molar-refractivity contribution in [2.24, 2.45) is 4.99 Å². The molecule has 0 amide bonds. The third-order valence-electron chi connectivity index (χ3n) is 5.36. The Morgan fingerprint density at radius 2 is 2.00 bits per heavy atom. The normalized spacial score (nSPS) is 25.6. The minimum atomic E-state index is 0. The zero-order valence-corrected chi connectivity index (χ0v) is 20.8. The Balaban J connectivity index is 0.00000300. The van der Waals surface area contributed by atoms with Gasteiger partial charge in [0.25, 0.3) is 0 Å². The van der Waals surface area contributed by atoms with E-state index in [9.17, 15) is 0 Å². The fourth-order valence-electron chi connectivity index (χ4n) is 4.15. The zero-order valence-electron chi connectivity index (χ0n) is 17.7. The molecule has 0 bridgehead atoms. The molecule has 2 heterocycles. The van der Waals surface area contributed by atoms with E-state index in [1.807, 2.05) is 25.2 Å². The summed E-state index contributed by atoms with van der Waals surface area (Å²) in [6.07, 6.45) is 2.85. The number of ether oxygens (including phenoxy) is 1. The van der Waals surface area contributed by atoms with E-state index in [1.54, 1.807) is 0 Å². The van der Waals surface area contributed by atoms with Gasteiger partial charge in [0.05, 0.1) is 12.2 Å². The molecule has 3 unspecified atom stereocenters. The lowest BCUT2D eigenvalue weighted by atomic mass is 10.2. The van der Waals surface area contributed by atoms with E-state index in [4.69, 9.17) is 16.3 Å². The summed E-state index contributed by atoms with van der Waals surface area (Å²) in [7, 11) is 1.84. The van der Waals surface area contributed by atoms with Crippen LogP contribution >= 0.6 is 35.6 Å². The van der Waals surface area contributed by atoms with E-state index < -0.39 is 0 Å². The van der Waals surface area contributed by atoms with Gasteiger partial charge in [0, 0.05) is 63.1 Å². The number of hydrogen-bond donors (Lipinski definition) is 2. The summed E-state index contributed by atoms with van der Waals surface area (Å²) >= 11 is 6.13. The van der Waals surface area contributed by atoms with Gasteiger partial charge >= 0.3 is 0 Å². The second-order valence-corrected chi connectivity index (χ2v) is 8.36. The number of nitrogens with zero attached hydrogens (tertiary/aromatic N) is 3. The maximum Gasteiger partial charge on any atom is 0.191 e. The minimum absolute atomic E-state index is 0. The molecule has 3 rings (SSSR count). The van der Waals surface area contributed by atoms with Gasteiger partial charge in [-0.1, -0.05) is 17.7 Å². The highest BCUT2D eigenvalue weighted by Gasteiger charge is 2.24. The van der Waals surface area contributed by atoms with Gasteiger partial charge in [-0.05, 0) is 44.9 Å².